The molecule has 1 amide bonds. The molecule has 0 spiro atoms. The van der Waals surface area contributed by atoms with Crippen LogP contribution in [0.2, 0.25) is 0 Å². The molecule has 2 aromatic rings. The third-order valence-corrected chi connectivity index (χ3v) is 5.67. The molecule has 2 N–H and O–H groups in total. The van der Waals surface area contributed by atoms with Gasteiger partial charge in [0, 0.05) is 31.2 Å². The maximum absolute atomic E-state index is 11.2. The summed E-state index contributed by atoms with van der Waals surface area (Å²) in [6.45, 7) is 3.75. The highest BCUT2D eigenvalue weighted by Gasteiger charge is 2.25. The summed E-state index contributed by atoms with van der Waals surface area (Å²) in [5.41, 5.74) is 6.33. The van der Waals surface area contributed by atoms with Crippen molar-refractivity contribution in [3.63, 3.8) is 0 Å². The fourth-order valence-corrected chi connectivity index (χ4v) is 4.03. The van der Waals surface area contributed by atoms with Crippen molar-refractivity contribution in [3.05, 3.63) is 30.5 Å². The van der Waals surface area contributed by atoms with Gasteiger partial charge in [0.25, 0.3) is 0 Å². The van der Waals surface area contributed by atoms with Crippen LogP contribution in [0, 0.1) is 5.92 Å². The molecule has 1 aliphatic heterocycles. The number of benzene rings is 1. The monoisotopic (exact) mass is 341 g/mol. The predicted octanol–water partition coefficient (Wildman–Crippen LogP) is 2.77. The molecule has 1 aliphatic carbocycles. The average Bonchev–Trinajstić information content (AvgIpc) is 2.96. The van der Waals surface area contributed by atoms with Gasteiger partial charge in [-0.2, -0.15) is 0 Å². The van der Waals surface area contributed by atoms with Gasteiger partial charge in [0.1, 0.15) is 18.4 Å². The summed E-state index contributed by atoms with van der Waals surface area (Å²) < 4.78 is 8.21. The van der Waals surface area contributed by atoms with E-state index in [0.717, 1.165) is 48.5 Å². The molecule has 1 saturated heterocycles. The molecule has 2 aliphatic rings. The number of carbonyl (C=O) groups excluding carboxylic acids is 1. The zero-order valence-electron chi connectivity index (χ0n) is 14.7. The van der Waals surface area contributed by atoms with E-state index in [1.807, 2.05) is 35.0 Å². The van der Waals surface area contributed by atoms with Gasteiger partial charge in [-0.25, -0.2) is 0 Å². The second-order valence-corrected chi connectivity index (χ2v) is 7.51. The maximum Gasteiger partial charge on any atom is 0.237 e. The van der Waals surface area contributed by atoms with Crippen LogP contribution in [-0.4, -0.2) is 41.1 Å². The number of likely N-dealkylation sites (tertiary alicyclic amines) is 1. The molecule has 5 nitrogen and oxygen atoms in total. The molecule has 1 saturated carbocycles. The van der Waals surface area contributed by atoms with Crippen molar-refractivity contribution in [1.82, 2.24) is 9.47 Å². The number of rotatable bonds is 6. The van der Waals surface area contributed by atoms with Crippen LogP contribution >= 0.6 is 0 Å². The van der Waals surface area contributed by atoms with E-state index in [9.17, 15) is 4.79 Å². The van der Waals surface area contributed by atoms with Crippen molar-refractivity contribution in [2.75, 3.05) is 19.6 Å². The third-order valence-electron chi connectivity index (χ3n) is 5.67. The smallest absolute Gasteiger partial charge is 0.237 e. The second kappa shape index (κ2) is 7.08. The predicted molar refractivity (Wildman–Crippen MR) is 98.6 cm³/mol. The van der Waals surface area contributed by atoms with Gasteiger partial charge in [0.2, 0.25) is 5.91 Å². The Morgan fingerprint density at radius 2 is 1.96 bits per heavy atom. The van der Waals surface area contributed by atoms with E-state index in [0.29, 0.717) is 0 Å². The first-order valence-electron chi connectivity index (χ1n) is 9.44. The van der Waals surface area contributed by atoms with Gasteiger partial charge in [-0.1, -0.05) is 12.5 Å². The maximum atomic E-state index is 11.2. The average molecular weight is 341 g/mol. The molecule has 0 unspecified atom stereocenters. The Morgan fingerprint density at radius 1 is 1.16 bits per heavy atom. The molecule has 2 heterocycles. The van der Waals surface area contributed by atoms with Crippen LogP contribution in [0.5, 0.6) is 5.75 Å². The summed E-state index contributed by atoms with van der Waals surface area (Å²) in [6.07, 6.45) is 8.62. The molecule has 134 valence electrons. The van der Waals surface area contributed by atoms with Gasteiger partial charge in [-0.05, 0) is 49.8 Å². The zero-order chi connectivity index (χ0) is 17.2. The first-order valence-corrected chi connectivity index (χ1v) is 9.44. The summed E-state index contributed by atoms with van der Waals surface area (Å²) in [5, 5.41) is 1.06. The number of nitrogens with two attached hydrogens (primary N) is 1. The van der Waals surface area contributed by atoms with Crippen LogP contribution in [0.4, 0.5) is 0 Å². The normalized spacial score (nSPS) is 19.8. The van der Waals surface area contributed by atoms with Crippen LogP contribution in [0.25, 0.3) is 10.9 Å². The Kier molecular flexibility index (Phi) is 4.66. The summed E-state index contributed by atoms with van der Waals surface area (Å²) in [4.78, 5) is 13.8. The highest BCUT2D eigenvalue weighted by molar-refractivity contribution is 5.87. The lowest BCUT2D eigenvalue weighted by molar-refractivity contribution is -0.118. The Hall–Kier alpha value is -2.01. The minimum atomic E-state index is -0.331. The molecular formula is C20H27N3O2. The standard InChI is InChI=1S/C20H27N3O2/c21-20(24)14-23-12-9-17-18(23)5-2-6-19(17)25-16-7-10-22(11-8-16)13-15-3-1-4-15/h2,5-6,9,12,15-16H,1,3-4,7-8,10-11,13-14H2,(H2,21,24). The van der Waals surface area contributed by atoms with Crippen LogP contribution in [-0.2, 0) is 11.3 Å². The van der Waals surface area contributed by atoms with E-state index < -0.39 is 0 Å². The summed E-state index contributed by atoms with van der Waals surface area (Å²) in [6, 6.07) is 8.03. The van der Waals surface area contributed by atoms with E-state index in [-0.39, 0.29) is 18.6 Å². The number of fused-ring (bicyclic) bond motifs is 1. The van der Waals surface area contributed by atoms with E-state index in [1.165, 1.54) is 25.8 Å². The molecular weight excluding hydrogens is 314 g/mol. The topological polar surface area (TPSA) is 60.5 Å². The van der Waals surface area contributed by atoms with Gasteiger partial charge in [-0.3, -0.25) is 4.79 Å². The van der Waals surface area contributed by atoms with Crippen LogP contribution < -0.4 is 10.5 Å². The SMILES string of the molecule is NC(=O)Cn1ccc2c(OC3CCN(CC4CCC4)CC3)cccc21. The highest BCUT2D eigenvalue weighted by atomic mass is 16.5. The van der Waals surface area contributed by atoms with E-state index in [4.69, 9.17) is 10.5 Å². The number of nitrogens with zero attached hydrogens (tertiary/aromatic N) is 2. The second-order valence-electron chi connectivity index (χ2n) is 7.51. The Labute approximate surface area is 148 Å². The molecule has 0 radical (unpaired) electrons. The van der Waals surface area contributed by atoms with E-state index >= 15 is 0 Å². The molecule has 5 heteroatoms. The van der Waals surface area contributed by atoms with E-state index in [1.54, 1.807) is 0 Å². The molecule has 1 aromatic heterocycles. The number of carbonyl (C=O) groups is 1. The van der Waals surface area contributed by atoms with Gasteiger partial charge in [0.05, 0.1) is 5.52 Å². The molecule has 4 rings (SSSR count). The number of ether oxygens (including phenoxy) is 1. The first kappa shape index (κ1) is 16.5. The number of amides is 1. The summed E-state index contributed by atoms with van der Waals surface area (Å²) in [7, 11) is 0. The molecule has 0 atom stereocenters. The fourth-order valence-electron chi connectivity index (χ4n) is 4.03. The van der Waals surface area contributed by atoms with E-state index in [2.05, 4.69) is 4.90 Å². The number of hydrogen-bond donors (Lipinski definition) is 1. The van der Waals surface area contributed by atoms with Gasteiger partial charge < -0.3 is 19.9 Å². The van der Waals surface area contributed by atoms with Crippen molar-refractivity contribution in [3.8, 4) is 5.75 Å². The minimum Gasteiger partial charge on any atom is -0.490 e. The van der Waals surface area contributed by atoms with Gasteiger partial charge >= 0.3 is 0 Å². The van der Waals surface area contributed by atoms with Crippen LogP contribution in [0.15, 0.2) is 30.5 Å². The van der Waals surface area contributed by atoms with Crippen LogP contribution in [0.3, 0.4) is 0 Å². The highest BCUT2D eigenvalue weighted by Crippen LogP contribution is 2.31. The first-order chi connectivity index (χ1) is 12.2. The van der Waals surface area contributed by atoms with Crippen molar-refractivity contribution in [2.45, 2.75) is 44.8 Å². The number of primary amides is 1. The lowest BCUT2D eigenvalue weighted by atomic mass is 9.85. The molecule has 25 heavy (non-hydrogen) atoms. The van der Waals surface area contributed by atoms with Crippen molar-refractivity contribution >= 4 is 16.8 Å². The van der Waals surface area contributed by atoms with Gasteiger partial charge in [0.15, 0.2) is 0 Å². The molecule has 2 fully saturated rings. The van der Waals surface area contributed by atoms with Crippen molar-refractivity contribution in [2.24, 2.45) is 11.7 Å². The quantitative estimate of drug-likeness (QED) is 0.879. The number of piperidine rings is 1. The lowest BCUT2D eigenvalue weighted by Crippen LogP contribution is -2.41. The Bertz CT molecular complexity index is 742. The number of hydrogen-bond acceptors (Lipinski definition) is 3. The third kappa shape index (κ3) is 3.66. The molecule has 0 bridgehead atoms. The zero-order valence-corrected chi connectivity index (χ0v) is 14.7. The Morgan fingerprint density at radius 3 is 2.64 bits per heavy atom. The lowest BCUT2D eigenvalue weighted by Gasteiger charge is -2.37. The summed E-state index contributed by atoms with van der Waals surface area (Å²) in [5.74, 6) is 1.53. The molecule has 1 aromatic carbocycles. The van der Waals surface area contributed by atoms with Crippen molar-refractivity contribution < 1.29 is 9.53 Å². The Balaban J connectivity index is 1.39. The fraction of sp³-hybridized carbons (Fsp3) is 0.550. The minimum absolute atomic E-state index is 0.201. The number of aromatic nitrogens is 1. The summed E-state index contributed by atoms with van der Waals surface area (Å²) >= 11 is 0. The van der Waals surface area contributed by atoms with Crippen molar-refractivity contribution in [1.29, 1.82) is 0 Å². The van der Waals surface area contributed by atoms with Crippen LogP contribution in [0.1, 0.15) is 32.1 Å². The largest absolute Gasteiger partial charge is 0.490 e. The van der Waals surface area contributed by atoms with Gasteiger partial charge in [-0.15, -0.1) is 0 Å².